The number of nitrogens with zero attached hydrogens (tertiary/aromatic N) is 2. The van der Waals surface area contributed by atoms with Gasteiger partial charge in [0.1, 0.15) is 18.3 Å². The molecule has 10 heteroatoms. The molecule has 32 heavy (non-hydrogen) atoms. The number of hydrogen-bond acceptors (Lipinski definition) is 5. The van der Waals surface area contributed by atoms with Crippen molar-refractivity contribution in [2.24, 2.45) is 0 Å². The third-order valence-corrected chi connectivity index (χ3v) is 6.56. The van der Waals surface area contributed by atoms with Gasteiger partial charge in [-0.15, -0.1) is 0 Å². The third kappa shape index (κ3) is 6.46. The van der Waals surface area contributed by atoms with Crippen molar-refractivity contribution >= 4 is 43.5 Å². The van der Waals surface area contributed by atoms with Gasteiger partial charge in [0.2, 0.25) is 21.8 Å². The Morgan fingerprint density at radius 1 is 1.19 bits per heavy atom. The van der Waals surface area contributed by atoms with Crippen molar-refractivity contribution < 1.29 is 22.7 Å². The number of amides is 2. The van der Waals surface area contributed by atoms with Crippen molar-refractivity contribution in [3.8, 4) is 5.75 Å². The van der Waals surface area contributed by atoms with Crippen molar-refractivity contribution in [1.29, 1.82) is 0 Å². The normalized spacial score (nSPS) is 12.1. The molecule has 0 saturated carbocycles. The lowest BCUT2D eigenvalue weighted by atomic mass is 10.1. The molecule has 2 amide bonds. The molecule has 174 valence electrons. The van der Waals surface area contributed by atoms with E-state index in [1.54, 1.807) is 25.1 Å². The average Bonchev–Trinajstić information content (AvgIpc) is 2.73. The highest BCUT2D eigenvalue weighted by atomic mass is 79.9. The molecule has 0 aromatic heterocycles. The second-order valence-corrected chi connectivity index (χ2v) is 10.2. The van der Waals surface area contributed by atoms with Gasteiger partial charge in [0.15, 0.2) is 0 Å². The zero-order valence-electron chi connectivity index (χ0n) is 18.8. The van der Waals surface area contributed by atoms with Gasteiger partial charge < -0.3 is 15.0 Å². The number of anilines is 1. The second kappa shape index (κ2) is 10.8. The molecular formula is C22H28BrN3O5S. The van der Waals surface area contributed by atoms with Gasteiger partial charge in [0.25, 0.3) is 0 Å². The van der Waals surface area contributed by atoms with Gasteiger partial charge in [0, 0.05) is 18.1 Å². The van der Waals surface area contributed by atoms with Gasteiger partial charge in [-0.3, -0.25) is 13.9 Å². The number of aryl methyl sites for hydroxylation is 1. The first kappa shape index (κ1) is 25.7. The smallest absolute Gasteiger partial charge is 0.244 e. The Labute approximate surface area is 197 Å². The molecule has 0 aliphatic heterocycles. The molecule has 0 aliphatic carbocycles. The molecule has 0 aliphatic rings. The molecule has 0 fully saturated rings. The molecular weight excluding hydrogens is 498 g/mol. The zero-order chi connectivity index (χ0) is 24.1. The number of sulfonamides is 1. The van der Waals surface area contributed by atoms with Crippen LogP contribution in [0.4, 0.5) is 5.69 Å². The topological polar surface area (TPSA) is 96.0 Å². The van der Waals surface area contributed by atoms with Gasteiger partial charge in [-0.25, -0.2) is 8.42 Å². The maximum Gasteiger partial charge on any atom is 0.244 e. The first-order chi connectivity index (χ1) is 15.0. The summed E-state index contributed by atoms with van der Waals surface area (Å²) >= 11 is 3.40. The summed E-state index contributed by atoms with van der Waals surface area (Å²) in [5.41, 5.74) is 1.87. The van der Waals surface area contributed by atoms with Crippen LogP contribution in [0.3, 0.4) is 0 Å². The lowest BCUT2D eigenvalue weighted by Gasteiger charge is -2.31. The van der Waals surface area contributed by atoms with E-state index in [0.717, 1.165) is 26.2 Å². The van der Waals surface area contributed by atoms with Crippen LogP contribution < -0.4 is 14.4 Å². The Balaban J connectivity index is 2.46. The van der Waals surface area contributed by atoms with Crippen LogP contribution in [0.5, 0.6) is 5.75 Å². The first-order valence-electron chi connectivity index (χ1n) is 9.85. The summed E-state index contributed by atoms with van der Waals surface area (Å²) in [5.74, 6) is -0.547. The molecule has 2 rings (SSSR count). The van der Waals surface area contributed by atoms with Crippen molar-refractivity contribution in [3.63, 3.8) is 0 Å². The van der Waals surface area contributed by atoms with Crippen LogP contribution in [-0.4, -0.2) is 58.1 Å². The summed E-state index contributed by atoms with van der Waals surface area (Å²) in [4.78, 5) is 27.1. The molecule has 2 aromatic rings. The summed E-state index contributed by atoms with van der Waals surface area (Å²) in [6.07, 6.45) is 1.03. The van der Waals surface area contributed by atoms with Crippen molar-refractivity contribution in [2.45, 2.75) is 26.4 Å². The van der Waals surface area contributed by atoms with Crippen molar-refractivity contribution in [2.75, 3.05) is 31.3 Å². The van der Waals surface area contributed by atoms with Crippen molar-refractivity contribution in [3.05, 3.63) is 58.1 Å². The number of halogens is 1. The summed E-state index contributed by atoms with van der Waals surface area (Å²) in [6, 6.07) is 11.6. The largest absolute Gasteiger partial charge is 0.495 e. The van der Waals surface area contributed by atoms with Gasteiger partial charge in [-0.2, -0.15) is 0 Å². The Morgan fingerprint density at radius 2 is 1.88 bits per heavy atom. The van der Waals surface area contributed by atoms with Crippen LogP contribution in [0.1, 0.15) is 18.1 Å². The van der Waals surface area contributed by atoms with Crippen LogP contribution in [-0.2, 0) is 26.2 Å². The summed E-state index contributed by atoms with van der Waals surface area (Å²) < 4.78 is 32.5. The van der Waals surface area contributed by atoms with Gasteiger partial charge in [0.05, 0.1) is 19.1 Å². The lowest BCUT2D eigenvalue weighted by Crippen LogP contribution is -2.50. The Bertz CT molecular complexity index is 1090. The van der Waals surface area contributed by atoms with E-state index >= 15 is 0 Å². The minimum atomic E-state index is -3.83. The SMILES string of the molecule is CNC(=O)C(C)N(Cc1cccc(Br)c1)C(=O)CN(c1cc(C)ccc1OC)S(C)(=O)=O. The second-order valence-electron chi connectivity index (χ2n) is 7.39. The monoisotopic (exact) mass is 525 g/mol. The minimum Gasteiger partial charge on any atom is -0.495 e. The Morgan fingerprint density at radius 3 is 2.44 bits per heavy atom. The molecule has 0 saturated heterocycles. The molecule has 8 nitrogen and oxygen atoms in total. The summed E-state index contributed by atoms with van der Waals surface area (Å²) in [6.45, 7) is 3.08. The predicted octanol–water partition coefficient (Wildman–Crippen LogP) is 2.70. The van der Waals surface area contributed by atoms with Gasteiger partial charge in [-0.1, -0.05) is 34.1 Å². The molecule has 0 bridgehead atoms. The van der Waals surface area contributed by atoms with E-state index in [-0.39, 0.29) is 18.1 Å². The number of carbonyl (C=O) groups is 2. The van der Waals surface area contributed by atoms with Gasteiger partial charge >= 0.3 is 0 Å². The number of methoxy groups -OCH3 is 1. The number of carbonyl (C=O) groups excluding carboxylic acids is 2. The molecule has 0 heterocycles. The van der Waals surface area contributed by atoms with Crippen LogP contribution in [0.2, 0.25) is 0 Å². The van der Waals surface area contributed by atoms with Crippen molar-refractivity contribution in [1.82, 2.24) is 10.2 Å². The Hall–Kier alpha value is -2.59. The summed E-state index contributed by atoms with van der Waals surface area (Å²) in [5, 5.41) is 2.54. The number of benzene rings is 2. The van der Waals surface area contributed by atoms with Crippen LogP contribution in [0, 0.1) is 6.92 Å². The highest BCUT2D eigenvalue weighted by Gasteiger charge is 2.30. The van der Waals surface area contributed by atoms with Crippen LogP contribution in [0.15, 0.2) is 46.9 Å². The number of likely N-dealkylation sites (N-methyl/N-ethyl adjacent to an activating group) is 1. The molecule has 0 radical (unpaired) electrons. The standard InChI is InChI=1S/C22H28BrN3O5S/c1-15-9-10-20(31-4)19(11-15)26(32(5,29)30)14-21(27)25(16(2)22(28)24-3)13-17-7-6-8-18(23)12-17/h6-12,16H,13-14H2,1-5H3,(H,24,28). The van der Waals surface area contributed by atoms with E-state index in [1.807, 2.05) is 31.2 Å². The highest BCUT2D eigenvalue weighted by molar-refractivity contribution is 9.10. The maximum absolute atomic E-state index is 13.4. The maximum atomic E-state index is 13.4. The van der Waals surface area contributed by atoms with Crippen LogP contribution >= 0.6 is 15.9 Å². The molecule has 0 spiro atoms. The molecule has 1 unspecified atom stereocenters. The predicted molar refractivity (Wildman–Crippen MR) is 128 cm³/mol. The van der Waals surface area contributed by atoms with Gasteiger partial charge in [-0.05, 0) is 49.2 Å². The summed E-state index contributed by atoms with van der Waals surface area (Å²) in [7, 11) is -0.908. The molecule has 1 N–H and O–H groups in total. The first-order valence-corrected chi connectivity index (χ1v) is 12.5. The molecule has 2 aromatic carbocycles. The fourth-order valence-corrected chi connectivity index (χ4v) is 4.50. The van der Waals surface area contributed by atoms with E-state index in [4.69, 9.17) is 4.74 Å². The van der Waals surface area contributed by atoms with E-state index in [0.29, 0.717) is 5.75 Å². The highest BCUT2D eigenvalue weighted by Crippen LogP contribution is 2.31. The number of nitrogens with one attached hydrogen (secondary N) is 1. The van der Waals surface area contributed by atoms with E-state index in [9.17, 15) is 18.0 Å². The van der Waals surface area contributed by atoms with Crippen LogP contribution in [0.25, 0.3) is 0 Å². The van der Waals surface area contributed by atoms with E-state index < -0.39 is 28.5 Å². The lowest BCUT2D eigenvalue weighted by molar-refractivity contribution is -0.139. The number of hydrogen-bond donors (Lipinski definition) is 1. The average molecular weight is 526 g/mol. The fraction of sp³-hybridized carbons (Fsp3) is 0.364. The fourth-order valence-electron chi connectivity index (χ4n) is 3.21. The molecule has 1 atom stereocenters. The minimum absolute atomic E-state index is 0.134. The zero-order valence-corrected chi connectivity index (χ0v) is 21.2. The Kier molecular flexibility index (Phi) is 8.68. The number of ether oxygens (including phenoxy) is 1. The third-order valence-electron chi connectivity index (χ3n) is 4.94. The van der Waals surface area contributed by atoms with E-state index in [1.165, 1.54) is 19.1 Å². The number of rotatable bonds is 9. The quantitative estimate of drug-likeness (QED) is 0.542. The van der Waals surface area contributed by atoms with E-state index in [2.05, 4.69) is 21.2 Å².